The van der Waals surface area contributed by atoms with E-state index in [1.807, 2.05) is 0 Å². The van der Waals surface area contributed by atoms with Gasteiger partial charge in [0.05, 0.1) is 16.0 Å². The average Bonchev–Trinajstić information content (AvgIpc) is 2.43. The highest BCUT2D eigenvalue weighted by Gasteiger charge is 2.15. The highest BCUT2D eigenvalue weighted by Crippen LogP contribution is 2.25. The van der Waals surface area contributed by atoms with E-state index in [0.717, 1.165) is 6.26 Å². The second kappa shape index (κ2) is 6.13. The van der Waals surface area contributed by atoms with Crippen LogP contribution in [0.5, 0.6) is 0 Å². The van der Waals surface area contributed by atoms with E-state index in [0.29, 0.717) is 5.56 Å². The van der Waals surface area contributed by atoms with Crippen LogP contribution in [0.25, 0.3) is 0 Å². The van der Waals surface area contributed by atoms with Crippen LogP contribution in [-0.4, -0.2) is 19.8 Å². The number of halogens is 2. The Morgan fingerprint density at radius 2 is 1.90 bits per heavy atom. The van der Waals surface area contributed by atoms with Gasteiger partial charge >= 0.3 is 0 Å². The van der Waals surface area contributed by atoms with Gasteiger partial charge in [0.1, 0.15) is 5.82 Å². The molecule has 3 nitrogen and oxygen atoms in total. The summed E-state index contributed by atoms with van der Waals surface area (Å²) in [7, 11) is -3.35. The summed E-state index contributed by atoms with van der Waals surface area (Å²) in [5.74, 6) is -0.572. The molecular formula is C15H14ClFO3S. The molecule has 2 aromatic rings. The van der Waals surface area contributed by atoms with Gasteiger partial charge in [-0.1, -0.05) is 35.9 Å². The summed E-state index contributed by atoms with van der Waals surface area (Å²) in [6, 6.07) is 10.5. The third-order valence-corrected chi connectivity index (χ3v) is 4.52. The maximum Gasteiger partial charge on any atom is 0.175 e. The number of aliphatic hydroxyl groups is 1. The highest BCUT2D eigenvalue weighted by atomic mass is 35.5. The van der Waals surface area contributed by atoms with Crippen molar-refractivity contribution in [2.24, 2.45) is 0 Å². The van der Waals surface area contributed by atoms with E-state index in [-0.39, 0.29) is 21.9 Å². The van der Waals surface area contributed by atoms with E-state index < -0.39 is 21.8 Å². The Morgan fingerprint density at radius 3 is 2.57 bits per heavy atom. The molecule has 2 rings (SSSR count). The molecule has 1 unspecified atom stereocenters. The number of sulfone groups is 1. The van der Waals surface area contributed by atoms with Gasteiger partial charge in [0.2, 0.25) is 0 Å². The van der Waals surface area contributed by atoms with Gasteiger partial charge in [0, 0.05) is 12.7 Å². The van der Waals surface area contributed by atoms with Crippen LogP contribution in [0.1, 0.15) is 17.2 Å². The minimum atomic E-state index is -3.35. The van der Waals surface area contributed by atoms with Crippen LogP contribution in [0.15, 0.2) is 47.4 Å². The van der Waals surface area contributed by atoms with E-state index in [1.54, 1.807) is 18.2 Å². The lowest BCUT2D eigenvalue weighted by Crippen LogP contribution is -2.05. The predicted molar refractivity (Wildman–Crippen MR) is 79.6 cm³/mol. The number of benzene rings is 2. The zero-order valence-corrected chi connectivity index (χ0v) is 12.8. The van der Waals surface area contributed by atoms with Gasteiger partial charge in [-0.25, -0.2) is 12.8 Å². The lowest BCUT2D eigenvalue weighted by molar-refractivity contribution is 0.177. The molecule has 1 atom stereocenters. The van der Waals surface area contributed by atoms with Crippen molar-refractivity contribution in [1.82, 2.24) is 0 Å². The third-order valence-electron chi connectivity index (χ3n) is 3.12. The number of rotatable bonds is 4. The van der Waals surface area contributed by atoms with Crippen molar-refractivity contribution in [2.75, 3.05) is 6.26 Å². The smallest absolute Gasteiger partial charge is 0.175 e. The molecule has 0 aliphatic heterocycles. The molecule has 0 radical (unpaired) electrons. The topological polar surface area (TPSA) is 54.4 Å². The Kier molecular flexibility index (Phi) is 4.66. The average molecular weight is 329 g/mol. The third kappa shape index (κ3) is 3.81. The number of hydrogen-bond acceptors (Lipinski definition) is 3. The maximum absolute atomic E-state index is 13.8. The summed E-state index contributed by atoms with van der Waals surface area (Å²) >= 11 is 5.69. The van der Waals surface area contributed by atoms with Crippen LogP contribution < -0.4 is 0 Å². The Hall–Kier alpha value is -1.43. The molecule has 0 aliphatic carbocycles. The van der Waals surface area contributed by atoms with Crippen molar-refractivity contribution in [3.63, 3.8) is 0 Å². The monoisotopic (exact) mass is 328 g/mol. The van der Waals surface area contributed by atoms with Crippen LogP contribution in [0.4, 0.5) is 4.39 Å². The molecule has 0 saturated heterocycles. The second-order valence-corrected chi connectivity index (χ2v) is 7.20. The molecule has 6 heteroatoms. The summed E-state index contributed by atoms with van der Waals surface area (Å²) in [4.78, 5) is 0.116. The van der Waals surface area contributed by atoms with Gasteiger partial charge < -0.3 is 5.11 Å². The molecule has 112 valence electrons. The maximum atomic E-state index is 13.8. The predicted octanol–water partition coefficient (Wildman–Crippen LogP) is 3.16. The van der Waals surface area contributed by atoms with Crippen molar-refractivity contribution >= 4 is 21.4 Å². The molecule has 0 saturated carbocycles. The van der Waals surface area contributed by atoms with E-state index in [1.165, 1.54) is 24.3 Å². The summed E-state index contributed by atoms with van der Waals surface area (Å²) in [6.45, 7) is 0. The summed E-state index contributed by atoms with van der Waals surface area (Å²) < 4.78 is 36.8. The first-order valence-corrected chi connectivity index (χ1v) is 8.47. The Bertz CT molecular complexity index is 759. The van der Waals surface area contributed by atoms with E-state index in [4.69, 9.17) is 11.6 Å². The second-order valence-electron chi connectivity index (χ2n) is 4.78. The van der Waals surface area contributed by atoms with Crippen LogP contribution in [0.3, 0.4) is 0 Å². The van der Waals surface area contributed by atoms with Crippen LogP contribution in [0, 0.1) is 5.82 Å². The van der Waals surface area contributed by atoms with Gasteiger partial charge in [-0.2, -0.15) is 0 Å². The first kappa shape index (κ1) is 15.9. The number of aliphatic hydroxyl groups excluding tert-OH is 1. The SMILES string of the molecule is CS(=O)(=O)c1cccc(C(O)Cc2cccc(Cl)c2F)c1. The van der Waals surface area contributed by atoms with Gasteiger partial charge in [-0.15, -0.1) is 0 Å². The molecule has 0 spiro atoms. The minimum absolute atomic E-state index is 0.00964. The van der Waals surface area contributed by atoms with Crippen LogP contribution >= 0.6 is 11.6 Å². The molecule has 21 heavy (non-hydrogen) atoms. The standard InChI is InChI=1S/C15H14ClFO3S/c1-21(19,20)12-6-2-4-10(8-12)14(18)9-11-5-3-7-13(16)15(11)17/h2-8,14,18H,9H2,1H3. The van der Waals surface area contributed by atoms with Crippen molar-refractivity contribution in [1.29, 1.82) is 0 Å². The normalized spacial score (nSPS) is 13.1. The zero-order chi connectivity index (χ0) is 15.6. The van der Waals surface area contributed by atoms with Gasteiger partial charge in [-0.3, -0.25) is 0 Å². The molecule has 0 aromatic heterocycles. The summed E-state index contributed by atoms with van der Waals surface area (Å²) in [6.07, 6.45) is 0.0917. The van der Waals surface area contributed by atoms with Gasteiger partial charge in [0.25, 0.3) is 0 Å². The quantitative estimate of drug-likeness (QED) is 0.938. The molecular weight excluding hydrogens is 315 g/mol. The first-order chi connectivity index (χ1) is 9.79. The minimum Gasteiger partial charge on any atom is -0.388 e. The fourth-order valence-electron chi connectivity index (χ4n) is 1.98. The molecule has 2 aromatic carbocycles. The lowest BCUT2D eigenvalue weighted by atomic mass is 10.0. The largest absolute Gasteiger partial charge is 0.388 e. The molecule has 0 heterocycles. The van der Waals surface area contributed by atoms with Crippen molar-refractivity contribution in [3.05, 3.63) is 64.4 Å². The van der Waals surface area contributed by atoms with E-state index in [9.17, 15) is 17.9 Å². The van der Waals surface area contributed by atoms with Crippen molar-refractivity contribution in [2.45, 2.75) is 17.4 Å². The molecule has 0 aliphatic rings. The fourth-order valence-corrected chi connectivity index (χ4v) is 2.85. The van der Waals surface area contributed by atoms with Gasteiger partial charge in [0.15, 0.2) is 9.84 Å². The van der Waals surface area contributed by atoms with Crippen LogP contribution in [0.2, 0.25) is 5.02 Å². The zero-order valence-electron chi connectivity index (χ0n) is 11.3. The Labute approximate surface area is 127 Å². The molecule has 0 amide bonds. The lowest BCUT2D eigenvalue weighted by Gasteiger charge is -2.13. The Morgan fingerprint density at radius 1 is 1.24 bits per heavy atom. The molecule has 0 fully saturated rings. The molecule has 1 N–H and O–H groups in total. The van der Waals surface area contributed by atoms with Gasteiger partial charge in [-0.05, 0) is 29.3 Å². The van der Waals surface area contributed by atoms with Crippen LogP contribution in [-0.2, 0) is 16.3 Å². The summed E-state index contributed by atoms with van der Waals surface area (Å²) in [5, 5.41) is 10.2. The highest BCUT2D eigenvalue weighted by molar-refractivity contribution is 7.90. The van der Waals surface area contributed by atoms with Crippen molar-refractivity contribution < 1.29 is 17.9 Å². The fraction of sp³-hybridized carbons (Fsp3) is 0.200. The number of hydrogen-bond donors (Lipinski definition) is 1. The summed E-state index contributed by atoms with van der Waals surface area (Å²) in [5.41, 5.74) is 0.692. The van der Waals surface area contributed by atoms with E-state index in [2.05, 4.69) is 0 Å². The molecule has 0 bridgehead atoms. The first-order valence-electron chi connectivity index (χ1n) is 6.20. The Balaban J connectivity index is 2.29. The van der Waals surface area contributed by atoms with Crippen molar-refractivity contribution in [3.8, 4) is 0 Å². The van der Waals surface area contributed by atoms with E-state index >= 15 is 0 Å².